The molecule has 0 radical (unpaired) electrons. The molecule has 2 aliphatic carbocycles. The van der Waals surface area contributed by atoms with Crippen molar-refractivity contribution in [2.75, 3.05) is 0 Å². The molecule has 0 heterocycles. The summed E-state index contributed by atoms with van der Waals surface area (Å²) >= 11 is 0. The van der Waals surface area contributed by atoms with E-state index in [2.05, 4.69) is 137 Å². The molecule has 0 bridgehead atoms. The normalized spacial score (nSPS) is 17.9. The Morgan fingerprint density at radius 3 is 1.34 bits per heavy atom. The van der Waals surface area contributed by atoms with Crippen molar-refractivity contribution in [3.05, 3.63) is 141 Å². The van der Waals surface area contributed by atoms with Crippen LogP contribution in [0.3, 0.4) is 0 Å². The Bertz CT molecular complexity index is 2360. The van der Waals surface area contributed by atoms with Gasteiger partial charge in [0.05, 0.1) is 0 Å². The molecule has 1 unspecified atom stereocenters. The van der Waals surface area contributed by atoms with Gasteiger partial charge in [0.15, 0.2) is 11.6 Å². The highest BCUT2D eigenvalue weighted by atomic mass is 16.1. The third-order valence-electron chi connectivity index (χ3n) is 15.2. The predicted molar refractivity (Wildman–Crippen MR) is 272 cm³/mol. The topological polar surface area (TPSA) is 51.2 Å². The smallest absolute Gasteiger partial charge is 0.163 e. The number of carbonyl (C=O) groups is 3. The SMILES string of the molecule is CCCCCC(=O)C(CCCCCC(=O)c1ccc(/C=C(\C)c2ccc3c(c2)C(C)(C)CCC3(C)C)cc1)CC(=O)c1ccc(/C=C(\C)c2ccc3c(c2)C(C)(C)CCC3(C)C)cc1. The first-order valence-electron chi connectivity index (χ1n) is 24.7. The first kappa shape index (κ1) is 48.8. The second-order valence-corrected chi connectivity index (χ2v) is 22.2. The van der Waals surface area contributed by atoms with E-state index < -0.39 is 0 Å². The molecular weight excluding hydrogens is 781 g/mol. The highest BCUT2D eigenvalue weighted by Crippen LogP contribution is 2.48. The van der Waals surface area contributed by atoms with E-state index in [1.807, 2.05) is 36.4 Å². The fourth-order valence-corrected chi connectivity index (χ4v) is 10.3. The van der Waals surface area contributed by atoms with Crippen molar-refractivity contribution < 1.29 is 14.4 Å². The molecule has 2 aliphatic rings. The van der Waals surface area contributed by atoms with Crippen LogP contribution in [0.4, 0.5) is 0 Å². The lowest BCUT2D eigenvalue weighted by Gasteiger charge is -2.42. The Balaban J connectivity index is 1.01. The fourth-order valence-electron chi connectivity index (χ4n) is 10.3. The fraction of sp³-hybridized carbons (Fsp3) is 0.492. The summed E-state index contributed by atoms with van der Waals surface area (Å²) < 4.78 is 0. The number of hydrogen-bond donors (Lipinski definition) is 0. The van der Waals surface area contributed by atoms with E-state index >= 15 is 0 Å². The second kappa shape index (κ2) is 20.3. The molecule has 4 aromatic carbocycles. The Hall–Kier alpha value is -4.63. The van der Waals surface area contributed by atoms with E-state index in [0.717, 1.165) is 55.2 Å². The predicted octanol–water partition coefficient (Wildman–Crippen LogP) is 16.7. The molecular formula is C61H78O3. The van der Waals surface area contributed by atoms with E-state index in [9.17, 15) is 14.4 Å². The lowest BCUT2D eigenvalue weighted by Crippen LogP contribution is -2.33. The average Bonchev–Trinajstić information content (AvgIpc) is 3.26. The maximum absolute atomic E-state index is 13.7. The van der Waals surface area contributed by atoms with Gasteiger partial charge in [-0.3, -0.25) is 14.4 Å². The zero-order chi connectivity index (χ0) is 46.5. The number of allylic oxidation sites excluding steroid dienone is 2. The number of benzene rings is 4. The molecule has 4 aromatic rings. The minimum absolute atomic E-state index is 0.0277. The van der Waals surface area contributed by atoms with Crippen LogP contribution in [-0.2, 0) is 26.5 Å². The van der Waals surface area contributed by atoms with E-state index in [-0.39, 0.29) is 51.3 Å². The van der Waals surface area contributed by atoms with E-state index in [1.54, 1.807) is 0 Å². The average molecular weight is 859 g/mol. The van der Waals surface area contributed by atoms with Crippen LogP contribution in [0.1, 0.15) is 231 Å². The quantitative estimate of drug-likeness (QED) is 0.0536. The maximum atomic E-state index is 13.7. The number of unbranched alkanes of at least 4 members (excludes halogenated alkanes) is 4. The Morgan fingerprint density at radius 2 is 0.891 bits per heavy atom. The summed E-state index contributed by atoms with van der Waals surface area (Å²) in [5, 5.41) is 0. The molecule has 0 aliphatic heterocycles. The van der Waals surface area contributed by atoms with Gasteiger partial charge in [0.25, 0.3) is 0 Å². The van der Waals surface area contributed by atoms with Crippen molar-refractivity contribution in [1.82, 2.24) is 0 Å². The van der Waals surface area contributed by atoms with Crippen LogP contribution in [0.25, 0.3) is 23.3 Å². The van der Waals surface area contributed by atoms with Gasteiger partial charge >= 0.3 is 0 Å². The first-order valence-corrected chi connectivity index (χ1v) is 24.7. The molecule has 340 valence electrons. The molecule has 0 amide bonds. The summed E-state index contributed by atoms with van der Waals surface area (Å²) in [6.45, 7) is 25.4. The summed E-state index contributed by atoms with van der Waals surface area (Å²) in [5.41, 5.74) is 15.0. The van der Waals surface area contributed by atoms with Crippen molar-refractivity contribution in [2.24, 2.45) is 5.92 Å². The molecule has 0 aromatic heterocycles. The van der Waals surface area contributed by atoms with Crippen LogP contribution in [0, 0.1) is 5.92 Å². The molecule has 3 nitrogen and oxygen atoms in total. The van der Waals surface area contributed by atoms with Gasteiger partial charge in [0.1, 0.15) is 5.78 Å². The number of Topliss-reactive ketones (excluding diaryl/α,β-unsaturated/α-hetero) is 3. The standard InChI is InChI=1S/C61H78O3/c1-12-13-15-19-56(63)50(41-57(64)47-27-23-45(24-28-47)38-43(3)49-30-32-52-54(40-49)61(10,11)36-34-59(52,6)7)18-16-14-17-20-55(62)46-25-21-44(22-26-46)37-42(2)48-29-31-51-53(39-48)60(8,9)35-33-58(51,4)5/h21-32,37-40,50H,12-20,33-36,41H2,1-11H3/b42-37+,43-38+. The van der Waals surface area contributed by atoms with Crippen LogP contribution in [0.2, 0.25) is 0 Å². The Morgan fingerprint density at radius 1 is 0.484 bits per heavy atom. The van der Waals surface area contributed by atoms with Crippen LogP contribution in [-0.4, -0.2) is 17.3 Å². The third-order valence-corrected chi connectivity index (χ3v) is 15.2. The van der Waals surface area contributed by atoms with Crippen molar-refractivity contribution >= 4 is 40.6 Å². The lowest BCUT2D eigenvalue weighted by atomic mass is 9.63. The molecule has 0 saturated carbocycles. The van der Waals surface area contributed by atoms with Gasteiger partial charge in [0.2, 0.25) is 0 Å². The molecule has 3 heteroatoms. The molecule has 0 N–H and O–H groups in total. The van der Waals surface area contributed by atoms with Crippen molar-refractivity contribution in [1.29, 1.82) is 0 Å². The van der Waals surface area contributed by atoms with Gasteiger partial charge in [-0.2, -0.15) is 0 Å². The number of carbonyl (C=O) groups excluding carboxylic acids is 3. The molecule has 1 atom stereocenters. The highest BCUT2D eigenvalue weighted by molar-refractivity contribution is 5.99. The first-order chi connectivity index (χ1) is 30.2. The zero-order valence-corrected chi connectivity index (χ0v) is 41.4. The number of fused-ring (bicyclic) bond motifs is 2. The monoisotopic (exact) mass is 859 g/mol. The summed E-state index contributed by atoms with van der Waals surface area (Å²) in [4.78, 5) is 40.4. The van der Waals surface area contributed by atoms with Crippen molar-refractivity contribution in [2.45, 2.75) is 188 Å². The van der Waals surface area contributed by atoms with Gasteiger partial charge in [-0.1, -0.05) is 185 Å². The van der Waals surface area contributed by atoms with Crippen LogP contribution >= 0.6 is 0 Å². The number of ketones is 3. The van der Waals surface area contributed by atoms with Gasteiger partial charge in [-0.15, -0.1) is 0 Å². The van der Waals surface area contributed by atoms with Crippen molar-refractivity contribution in [3.63, 3.8) is 0 Å². The summed E-state index contributed by atoms with van der Waals surface area (Å²) in [6.07, 6.45) is 16.5. The van der Waals surface area contributed by atoms with Crippen LogP contribution in [0.5, 0.6) is 0 Å². The zero-order valence-electron chi connectivity index (χ0n) is 41.4. The van der Waals surface area contributed by atoms with Gasteiger partial charge in [-0.25, -0.2) is 0 Å². The maximum Gasteiger partial charge on any atom is 0.163 e. The summed E-state index contributed by atoms with van der Waals surface area (Å²) in [5.74, 6) is 0.0931. The van der Waals surface area contributed by atoms with E-state index in [0.29, 0.717) is 24.8 Å². The minimum Gasteiger partial charge on any atom is -0.299 e. The highest BCUT2D eigenvalue weighted by Gasteiger charge is 2.38. The molecule has 0 saturated heterocycles. The largest absolute Gasteiger partial charge is 0.299 e. The summed E-state index contributed by atoms with van der Waals surface area (Å²) in [7, 11) is 0. The van der Waals surface area contributed by atoms with E-state index in [1.165, 1.54) is 70.2 Å². The molecule has 64 heavy (non-hydrogen) atoms. The summed E-state index contributed by atoms with van der Waals surface area (Å²) in [6, 6.07) is 29.9. The Kier molecular flexibility index (Phi) is 15.5. The third kappa shape index (κ3) is 11.8. The number of rotatable bonds is 19. The van der Waals surface area contributed by atoms with Gasteiger partial charge in [-0.05, 0) is 136 Å². The molecule has 6 rings (SSSR count). The van der Waals surface area contributed by atoms with Crippen LogP contribution < -0.4 is 0 Å². The second-order valence-electron chi connectivity index (χ2n) is 22.2. The molecule has 0 spiro atoms. The van der Waals surface area contributed by atoms with Gasteiger partial charge < -0.3 is 0 Å². The van der Waals surface area contributed by atoms with Gasteiger partial charge in [0, 0.05) is 36.3 Å². The van der Waals surface area contributed by atoms with Crippen LogP contribution in [0.15, 0.2) is 84.9 Å². The number of hydrogen-bond acceptors (Lipinski definition) is 3. The minimum atomic E-state index is -0.288. The van der Waals surface area contributed by atoms with E-state index in [4.69, 9.17) is 0 Å². The molecule has 0 fully saturated rings. The lowest BCUT2D eigenvalue weighted by molar-refractivity contribution is -0.123. The Labute approximate surface area is 387 Å². The van der Waals surface area contributed by atoms with Crippen molar-refractivity contribution in [3.8, 4) is 0 Å².